The van der Waals surface area contributed by atoms with Gasteiger partial charge in [0.15, 0.2) is 0 Å². The highest BCUT2D eigenvalue weighted by Crippen LogP contribution is 2.23. The number of carbonyl (C=O) groups is 1. The number of nitrogens with one attached hydrogen (secondary N) is 1. The van der Waals surface area contributed by atoms with Crippen LogP contribution in [0.1, 0.15) is 15.9 Å². The molecule has 3 rings (SSSR count). The predicted molar refractivity (Wildman–Crippen MR) is 83.0 cm³/mol. The maximum Gasteiger partial charge on any atom is 0.335 e. The van der Waals surface area contributed by atoms with Crippen molar-refractivity contribution in [1.29, 1.82) is 0 Å². The Morgan fingerprint density at radius 3 is 2.76 bits per heavy atom. The molecule has 1 aromatic carbocycles. The highest BCUT2D eigenvalue weighted by molar-refractivity contribution is 7.16. The summed E-state index contributed by atoms with van der Waals surface area (Å²) in [4.78, 5) is 20.2. The molecule has 0 radical (unpaired) electrons. The quantitative estimate of drug-likeness (QED) is 0.757. The number of nitrogens with zero attached hydrogens (tertiary/aromatic N) is 2. The molecule has 0 amide bonds. The van der Waals surface area contributed by atoms with Gasteiger partial charge in [0.2, 0.25) is 0 Å². The number of aromatic carboxylic acids is 1. The number of hydrogen-bond donors (Lipinski definition) is 2. The first-order chi connectivity index (χ1) is 10.2. The van der Waals surface area contributed by atoms with Crippen LogP contribution in [0.15, 0.2) is 42.0 Å². The molecule has 21 heavy (non-hydrogen) atoms. The minimum absolute atomic E-state index is 0.308. The van der Waals surface area contributed by atoms with Gasteiger partial charge in [-0.15, -0.1) is 11.3 Å². The summed E-state index contributed by atoms with van der Waals surface area (Å²) >= 11 is 1.59. The molecule has 0 atom stereocenters. The molecular formula is C15H13N3O2S. The van der Waals surface area contributed by atoms with Crippen LogP contribution in [0.2, 0.25) is 0 Å². The fourth-order valence-electron chi connectivity index (χ4n) is 2.07. The van der Waals surface area contributed by atoms with Crippen LogP contribution in [0.5, 0.6) is 0 Å². The zero-order chi connectivity index (χ0) is 14.7. The third kappa shape index (κ3) is 3.00. The van der Waals surface area contributed by atoms with Crippen molar-refractivity contribution in [3.8, 4) is 0 Å². The number of carboxylic acid groups (broad SMARTS) is 1. The fraction of sp³-hybridized carbons (Fsp3) is 0.133. The molecule has 0 bridgehead atoms. The van der Waals surface area contributed by atoms with Crippen LogP contribution in [-0.2, 0) is 6.42 Å². The number of benzene rings is 1. The summed E-state index contributed by atoms with van der Waals surface area (Å²) in [7, 11) is 0. The van der Waals surface area contributed by atoms with Gasteiger partial charge in [-0.2, -0.15) is 0 Å². The molecule has 2 N–H and O–H groups in total. The molecule has 0 aliphatic heterocycles. The molecule has 0 saturated carbocycles. The van der Waals surface area contributed by atoms with Crippen molar-refractivity contribution in [2.45, 2.75) is 6.42 Å². The lowest BCUT2D eigenvalue weighted by molar-refractivity contribution is 0.0697. The molecule has 0 unspecified atom stereocenters. The molecule has 0 fully saturated rings. The highest BCUT2D eigenvalue weighted by Gasteiger charge is 2.04. The molecule has 3 aromatic rings. The molecule has 0 saturated heterocycles. The molecule has 5 nitrogen and oxygen atoms in total. The maximum absolute atomic E-state index is 10.8. The number of carboxylic acids is 1. The topological polar surface area (TPSA) is 75.1 Å². The molecule has 0 aliphatic carbocycles. The SMILES string of the molecule is O=C(O)c1ccc(CCNc2ncnc3sccc23)cc1. The summed E-state index contributed by atoms with van der Waals surface area (Å²) in [6, 6.07) is 8.93. The lowest BCUT2D eigenvalue weighted by Gasteiger charge is -2.06. The molecule has 106 valence electrons. The van der Waals surface area contributed by atoms with Crippen molar-refractivity contribution in [1.82, 2.24) is 9.97 Å². The molecule has 2 heterocycles. The van der Waals surface area contributed by atoms with Crippen LogP contribution in [-0.4, -0.2) is 27.6 Å². The van der Waals surface area contributed by atoms with Crippen molar-refractivity contribution >= 4 is 33.3 Å². The van der Waals surface area contributed by atoms with Crippen LogP contribution >= 0.6 is 11.3 Å². The number of hydrogen-bond acceptors (Lipinski definition) is 5. The van der Waals surface area contributed by atoms with Crippen LogP contribution < -0.4 is 5.32 Å². The van der Waals surface area contributed by atoms with Gasteiger partial charge in [0.05, 0.1) is 10.9 Å². The van der Waals surface area contributed by atoms with E-state index >= 15 is 0 Å². The first kappa shape index (κ1) is 13.5. The average Bonchev–Trinajstić information content (AvgIpc) is 2.97. The second-order valence-electron chi connectivity index (χ2n) is 4.54. The van der Waals surface area contributed by atoms with Gasteiger partial charge in [0.1, 0.15) is 17.0 Å². The van der Waals surface area contributed by atoms with Gasteiger partial charge in [-0.1, -0.05) is 12.1 Å². The van der Waals surface area contributed by atoms with Gasteiger partial charge in [0, 0.05) is 6.54 Å². The molecule has 2 aromatic heterocycles. The molecule has 6 heteroatoms. The van der Waals surface area contributed by atoms with E-state index in [1.54, 1.807) is 29.8 Å². The fourth-order valence-corrected chi connectivity index (χ4v) is 2.80. The predicted octanol–water partition coefficient (Wildman–Crippen LogP) is 3.04. The number of thiophene rings is 1. The van der Waals surface area contributed by atoms with Crippen LogP contribution in [0, 0.1) is 0 Å². The van der Waals surface area contributed by atoms with Crippen molar-refractivity contribution in [3.63, 3.8) is 0 Å². The Hall–Kier alpha value is -2.47. The Kier molecular flexibility index (Phi) is 3.79. The largest absolute Gasteiger partial charge is 0.478 e. The summed E-state index contributed by atoms with van der Waals surface area (Å²) in [6.45, 7) is 0.731. The maximum atomic E-state index is 10.8. The van der Waals surface area contributed by atoms with Crippen LogP contribution in [0.3, 0.4) is 0 Å². The van der Waals surface area contributed by atoms with E-state index in [9.17, 15) is 4.79 Å². The van der Waals surface area contributed by atoms with E-state index in [0.29, 0.717) is 5.56 Å². The summed E-state index contributed by atoms with van der Waals surface area (Å²) in [5, 5.41) is 15.2. The smallest absolute Gasteiger partial charge is 0.335 e. The van der Waals surface area contributed by atoms with Crippen molar-refractivity contribution in [3.05, 3.63) is 53.2 Å². The number of fused-ring (bicyclic) bond motifs is 1. The highest BCUT2D eigenvalue weighted by atomic mass is 32.1. The lowest BCUT2D eigenvalue weighted by Crippen LogP contribution is -2.07. The van der Waals surface area contributed by atoms with Gasteiger partial charge in [-0.25, -0.2) is 14.8 Å². The van der Waals surface area contributed by atoms with Crippen molar-refractivity contribution in [2.24, 2.45) is 0 Å². The van der Waals surface area contributed by atoms with Crippen molar-refractivity contribution < 1.29 is 9.90 Å². The van der Waals surface area contributed by atoms with Crippen LogP contribution in [0.4, 0.5) is 5.82 Å². The third-order valence-corrected chi connectivity index (χ3v) is 3.99. The second-order valence-corrected chi connectivity index (χ2v) is 5.44. The Morgan fingerprint density at radius 1 is 1.19 bits per heavy atom. The van der Waals surface area contributed by atoms with Gasteiger partial charge < -0.3 is 10.4 Å². The molecular weight excluding hydrogens is 286 g/mol. The second kappa shape index (κ2) is 5.88. The summed E-state index contributed by atoms with van der Waals surface area (Å²) < 4.78 is 0. The van der Waals surface area contributed by atoms with Gasteiger partial charge in [-0.05, 0) is 35.6 Å². The molecule has 0 aliphatic rings. The Balaban J connectivity index is 1.63. The van der Waals surface area contributed by atoms with E-state index in [-0.39, 0.29) is 0 Å². The average molecular weight is 299 g/mol. The van der Waals surface area contributed by atoms with Crippen molar-refractivity contribution in [2.75, 3.05) is 11.9 Å². The summed E-state index contributed by atoms with van der Waals surface area (Å²) in [5.41, 5.74) is 1.39. The minimum atomic E-state index is -0.902. The van der Waals surface area contributed by atoms with Crippen LogP contribution in [0.25, 0.3) is 10.2 Å². The Morgan fingerprint density at radius 2 is 2.00 bits per heavy atom. The van der Waals surface area contributed by atoms with Gasteiger partial charge >= 0.3 is 5.97 Å². The normalized spacial score (nSPS) is 10.7. The zero-order valence-corrected chi connectivity index (χ0v) is 11.9. The third-order valence-electron chi connectivity index (χ3n) is 3.17. The zero-order valence-electron chi connectivity index (χ0n) is 11.1. The van der Waals surface area contributed by atoms with E-state index in [1.165, 1.54) is 0 Å². The van der Waals surface area contributed by atoms with E-state index in [4.69, 9.17) is 5.11 Å². The van der Waals surface area contributed by atoms with E-state index in [0.717, 1.165) is 34.6 Å². The molecule has 0 spiro atoms. The van der Waals surface area contributed by atoms with E-state index < -0.39 is 5.97 Å². The number of aromatic nitrogens is 2. The monoisotopic (exact) mass is 299 g/mol. The van der Waals surface area contributed by atoms with Gasteiger partial charge in [-0.3, -0.25) is 0 Å². The Bertz CT molecular complexity index is 768. The lowest BCUT2D eigenvalue weighted by atomic mass is 10.1. The first-order valence-electron chi connectivity index (χ1n) is 6.48. The summed E-state index contributed by atoms with van der Waals surface area (Å²) in [6.07, 6.45) is 2.36. The minimum Gasteiger partial charge on any atom is -0.478 e. The standard InChI is InChI=1S/C15H13N3O2S/c19-15(20)11-3-1-10(2-4-11)5-7-16-13-12-6-8-21-14(12)18-9-17-13/h1-4,6,8-9H,5,7H2,(H,19,20)(H,16,17,18). The number of anilines is 1. The van der Waals surface area contributed by atoms with E-state index in [2.05, 4.69) is 15.3 Å². The first-order valence-corrected chi connectivity index (χ1v) is 7.36. The van der Waals surface area contributed by atoms with E-state index in [1.807, 2.05) is 23.6 Å². The Labute approximate surface area is 125 Å². The number of rotatable bonds is 5. The van der Waals surface area contributed by atoms with Gasteiger partial charge in [0.25, 0.3) is 0 Å². The summed E-state index contributed by atoms with van der Waals surface area (Å²) in [5.74, 6) is -0.0658.